The molecule has 2 atom stereocenters. The molecular formula is C17H22ClNO4. The van der Waals surface area contributed by atoms with E-state index in [9.17, 15) is 4.79 Å². The Bertz CT molecular complexity index is 601. The van der Waals surface area contributed by atoms with E-state index in [0.717, 1.165) is 5.56 Å². The number of piperidine rings is 1. The molecule has 1 aromatic rings. The number of hydrogen-bond donors (Lipinski definition) is 0. The number of likely N-dealkylation sites (tertiary alicyclic amines) is 1. The topological polar surface area (TPSA) is 48.0 Å². The first-order valence-electron chi connectivity index (χ1n) is 7.80. The van der Waals surface area contributed by atoms with E-state index in [1.807, 2.05) is 45.0 Å². The molecule has 126 valence electrons. The van der Waals surface area contributed by atoms with E-state index in [0.29, 0.717) is 24.5 Å². The number of carbonyl (C=O) groups excluding carboxylic acids is 1. The summed E-state index contributed by atoms with van der Waals surface area (Å²) in [5, 5.41) is 0.667. The van der Waals surface area contributed by atoms with Crippen molar-refractivity contribution in [1.82, 2.24) is 4.90 Å². The molecule has 6 heteroatoms. The first kappa shape index (κ1) is 16.6. The van der Waals surface area contributed by atoms with E-state index in [4.69, 9.17) is 25.8 Å². The van der Waals surface area contributed by atoms with Gasteiger partial charge in [-0.05, 0) is 38.5 Å². The first-order chi connectivity index (χ1) is 10.8. The van der Waals surface area contributed by atoms with Crippen molar-refractivity contribution in [1.29, 1.82) is 0 Å². The van der Waals surface area contributed by atoms with Crippen LogP contribution in [0, 0.1) is 0 Å². The zero-order valence-electron chi connectivity index (χ0n) is 13.7. The van der Waals surface area contributed by atoms with Gasteiger partial charge >= 0.3 is 6.09 Å². The Hall–Kier alpha value is -1.30. The average Bonchev–Trinajstić information content (AvgIpc) is 2.89. The highest BCUT2D eigenvalue weighted by molar-refractivity contribution is 6.30. The average molecular weight is 340 g/mol. The van der Waals surface area contributed by atoms with Gasteiger partial charge in [0, 0.05) is 18.0 Å². The van der Waals surface area contributed by atoms with Crippen LogP contribution in [0.25, 0.3) is 0 Å². The number of halogens is 1. The third kappa shape index (κ3) is 3.32. The Labute approximate surface area is 141 Å². The largest absolute Gasteiger partial charge is 0.444 e. The summed E-state index contributed by atoms with van der Waals surface area (Å²) >= 11 is 6.12. The zero-order chi connectivity index (χ0) is 16.7. The summed E-state index contributed by atoms with van der Waals surface area (Å²) in [6, 6.07) is 7.65. The van der Waals surface area contributed by atoms with E-state index in [1.165, 1.54) is 0 Å². The number of rotatable bonds is 1. The molecule has 2 aliphatic rings. The second kappa shape index (κ2) is 5.96. The molecule has 0 radical (unpaired) electrons. The van der Waals surface area contributed by atoms with Crippen LogP contribution in [0.2, 0.25) is 5.02 Å². The van der Waals surface area contributed by atoms with Gasteiger partial charge in [-0.15, -0.1) is 0 Å². The maximum Gasteiger partial charge on any atom is 0.410 e. The highest BCUT2D eigenvalue weighted by Crippen LogP contribution is 2.43. The molecule has 0 N–H and O–H groups in total. The third-order valence-corrected chi connectivity index (χ3v) is 4.45. The van der Waals surface area contributed by atoms with Crippen molar-refractivity contribution in [2.24, 2.45) is 0 Å². The lowest BCUT2D eigenvalue weighted by atomic mass is 9.82. The molecule has 2 heterocycles. The lowest BCUT2D eigenvalue weighted by molar-refractivity contribution is -0.0537. The van der Waals surface area contributed by atoms with Gasteiger partial charge in [0.1, 0.15) is 24.1 Å². The van der Waals surface area contributed by atoms with Crippen LogP contribution in [0.5, 0.6) is 0 Å². The van der Waals surface area contributed by atoms with Gasteiger partial charge in [0.25, 0.3) is 0 Å². The van der Waals surface area contributed by atoms with E-state index < -0.39 is 11.2 Å². The van der Waals surface area contributed by atoms with Crippen molar-refractivity contribution in [2.45, 2.75) is 44.5 Å². The van der Waals surface area contributed by atoms with Crippen LogP contribution in [-0.4, -0.2) is 42.6 Å². The summed E-state index contributed by atoms with van der Waals surface area (Å²) in [7, 11) is 0. The van der Waals surface area contributed by atoms with Gasteiger partial charge in [-0.1, -0.05) is 23.7 Å². The second-order valence-electron chi connectivity index (χ2n) is 6.99. The summed E-state index contributed by atoms with van der Waals surface area (Å²) in [4.78, 5) is 14.0. The third-order valence-electron chi connectivity index (χ3n) is 4.21. The Morgan fingerprint density at radius 3 is 2.91 bits per heavy atom. The molecule has 5 nitrogen and oxygen atoms in total. The normalized spacial score (nSPS) is 27.7. The smallest absolute Gasteiger partial charge is 0.410 e. The Balaban J connectivity index is 1.78. The van der Waals surface area contributed by atoms with Gasteiger partial charge in [-0.2, -0.15) is 0 Å². The van der Waals surface area contributed by atoms with Gasteiger partial charge in [0.15, 0.2) is 0 Å². The lowest BCUT2D eigenvalue weighted by Crippen LogP contribution is -2.54. The van der Waals surface area contributed by atoms with Crippen LogP contribution in [0.3, 0.4) is 0 Å². The predicted octanol–water partition coefficient (Wildman–Crippen LogP) is 3.55. The van der Waals surface area contributed by atoms with Crippen molar-refractivity contribution in [3.05, 3.63) is 34.9 Å². The van der Waals surface area contributed by atoms with Crippen LogP contribution in [0.4, 0.5) is 4.79 Å². The molecule has 0 saturated carbocycles. The molecule has 0 aliphatic carbocycles. The maximum absolute atomic E-state index is 12.3. The number of nitrogens with zero attached hydrogens (tertiary/aromatic N) is 1. The molecule has 23 heavy (non-hydrogen) atoms. The fourth-order valence-corrected chi connectivity index (χ4v) is 3.32. The molecular weight excluding hydrogens is 318 g/mol. The van der Waals surface area contributed by atoms with E-state index in [2.05, 4.69) is 0 Å². The highest BCUT2D eigenvalue weighted by atomic mass is 35.5. The minimum Gasteiger partial charge on any atom is -0.444 e. The van der Waals surface area contributed by atoms with E-state index in [-0.39, 0.29) is 19.0 Å². The number of benzene rings is 1. The van der Waals surface area contributed by atoms with Crippen molar-refractivity contribution < 1.29 is 19.0 Å². The first-order valence-corrected chi connectivity index (χ1v) is 8.17. The van der Waals surface area contributed by atoms with Crippen LogP contribution >= 0.6 is 11.6 Å². The number of carbonyl (C=O) groups is 1. The van der Waals surface area contributed by atoms with Gasteiger partial charge < -0.3 is 19.1 Å². The predicted molar refractivity (Wildman–Crippen MR) is 86.4 cm³/mol. The van der Waals surface area contributed by atoms with Crippen LogP contribution in [0.15, 0.2) is 24.3 Å². The van der Waals surface area contributed by atoms with E-state index >= 15 is 0 Å². The van der Waals surface area contributed by atoms with Crippen LogP contribution < -0.4 is 0 Å². The van der Waals surface area contributed by atoms with Crippen LogP contribution in [0.1, 0.15) is 32.8 Å². The minimum atomic E-state index is -0.538. The Kier molecular flexibility index (Phi) is 4.29. The van der Waals surface area contributed by atoms with Gasteiger partial charge in [0.05, 0.1) is 6.54 Å². The lowest BCUT2D eigenvalue weighted by Gasteiger charge is -2.42. The van der Waals surface area contributed by atoms with Crippen molar-refractivity contribution in [3.8, 4) is 0 Å². The molecule has 0 unspecified atom stereocenters. The molecule has 0 aromatic heterocycles. The highest BCUT2D eigenvalue weighted by Gasteiger charge is 2.51. The summed E-state index contributed by atoms with van der Waals surface area (Å²) < 4.78 is 17.2. The minimum absolute atomic E-state index is 0.220. The molecule has 3 rings (SSSR count). The van der Waals surface area contributed by atoms with E-state index in [1.54, 1.807) is 4.90 Å². The van der Waals surface area contributed by atoms with Gasteiger partial charge in [0.2, 0.25) is 0 Å². The standard InChI is InChI=1S/C17H22ClNO4/c1-16(2,3)23-15(20)19-8-7-17(14(10-19)21-11-22-17)12-5-4-6-13(18)9-12/h4-6,9,14H,7-8,10-11H2,1-3H3/t14-,17-/m1/s1. The Morgan fingerprint density at radius 1 is 1.43 bits per heavy atom. The molecule has 2 fully saturated rings. The summed E-state index contributed by atoms with van der Waals surface area (Å²) in [6.45, 7) is 6.81. The fraction of sp³-hybridized carbons (Fsp3) is 0.588. The molecule has 0 spiro atoms. The van der Waals surface area contributed by atoms with Crippen molar-refractivity contribution in [3.63, 3.8) is 0 Å². The molecule has 0 bridgehead atoms. The summed E-state index contributed by atoms with van der Waals surface area (Å²) in [6.07, 6.45) is 0.118. The maximum atomic E-state index is 12.3. The fourth-order valence-electron chi connectivity index (χ4n) is 3.13. The zero-order valence-corrected chi connectivity index (χ0v) is 14.4. The van der Waals surface area contributed by atoms with Crippen LogP contribution in [-0.2, 0) is 19.8 Å². The summed E-state index contributed by atoms with van der Waals surface area (Å²) in [5.74, 6) is 0. The number of ether oxygens (including phenoxy) is 3. The number of fused-ring (bicyclic) bond motifs is 1. The molecule has 2 aliphatic heterocycles. The number of amides is 1. The number of hydrogen-bond acceptors (Lipinski definition) is 4. The van der Waals surface area contributed by atoms with Gasteiger partial charge in [-0.3, -0.25) is 0 Å². The summed E-state index contributed by atoms with van der Waals surface area (Å²) in [5.41, 5.74) is -0.0500. The Morgan fingerprint density at radius 2 is 2.22 bits per heavy atom. The van der Waals surface area contributed by atoms with Crippen molar-refractivity contribution >= 4 is 17.7 Å². The second-order valence-corrected chi connectivity index (χ2v) is 7.43. The van der Waals surface area contributed by atoms with Crippen molar-refractivity contribution in [2.75, 3.05) is 19.9 Å². The SMILES string of the molecule is CC(C)(C)OC(=O)N1CC[C@]2(c3cccc(Cl)c3)OCO[C@@H]2C1. The van der Waals surface area contributed by atoms with Gasteiger partial charge in [-0.25, -0.2) is 4.79 Å². The molecule has 2 saturated heterocycles. The monoisotopic (exact) mass is 339 g/mol. The molecule has 1 amide bonds. The molecule has 1 aromatic carbocycles. The quantitative estimate of drug-likeness (QED) is 0.785.